The lowest BCUT2D eigenvalue weighted by molar-refractivity contribution is 0.215. The molecule has 4 heteroatoms. The first-order valence-electron chi connectivity index (χ1n) is 5.37. The Kier molecular flexibility index (Phi) is 4.05. The predicted molar refractivity (Wildman–Crippen MR) is 74.4 cm³/mol. The quantitative estimate of drug-likeness (QED) is 0.851. The Morgan fingerprint density at radius 2 is 1.94 bits per heavy atom. The molecule has 0 aromatic heterocycles. The van der Waals surface area contributed by atoms with E-state index in [4.69, 9.17) is 11.6 Å². The van der Waals surface area contributed by atoms with Gasteiger partial charge in [-0.05, 0) is 48.4 Å². The Balaban J connectivity index is 2.47. The van der Waals surface area contributed by atoms with E-state index in [1.807, 2.05) is 6.92 Å². The molecule has 2 rings (SSSR count). The number of benzene rings is 2. The maximum absolute atomic E-state index is 13.7. The molecule has 0 aliphatic rings. The standard InChI is InChI=1S/C14H11BrClFO/c1-8-4-9(6-11(16)5-8)14(18)12-7-10(15)2-3-13(12)17/h2-7,14,18H,1H3. The maximum Gasteiger partial charge on any atom is 0.129 e. The van der Waals surface area contributed by atoms with Crippen molar-refractivity contribution >= 4 is 27.5 Å². The second-order valence-electron chi connectivity index (χ2n) is 4.13. The molecule has 2 aromatic rings. The van der Waals surface area contributed by atoms with Gasteiger partial charge in [-0.25, -0.2) is 4.39 Å². The summed E-state index contributed by atoms with van der Waals surface area (Å²) in [5, 5.41) is 10.8. The molecule has 0 aliphatic heterocycles. The molecule has 0 aliphatic carbocycles. The number of aliphatic hydroxyl groups excluding tert-OH is 1. The van der Waals surface area contributed by atoms with Gasteiger partial charge in [0.2, 0.25) is 0 Å². The Labute approximate surface area is 118 Å². The van der Waals surface area contributed by atoms with Gasteiger partial charge in [-0.1, -0.05) is 33.6 Å². The average Bonchev–Trinajstić information content (AvgIpc) is 2.30. The molecule has 1 N–H and O–H groups in total. The molecule has 1 atom stereocenters. The summed E-state index contributed by atoms with van der Waals surface area (Å²) in [6, 6.07) is 9.69. The van der Waals surface area contributed by atoms with E-state index in [1.54, 1.807) is 30.3 Å². The number of aliphatic hydroxyl groups is 1. The molecule has 1 unspecified atom stereocenters. The molecule has 0 spiro atoms. The van der Waals surface area contributed by atoms with Crippen LogP contribution in [0.5, 0.6) is 0 Å². The summed E-state index contributed by atoms with van der Waals surface area (Å²) in [4.78, 5) is 0. The first-order valence-corrected chi connectivity index (χ1v) is 6.54. The van der Waals surface area contributed by atoms with E-state index in [1.165, 1.54) is 6.07 Å². The SMILES string of the molecule is Cc1cc(Cl)cc(C(O)c2cc(Br)ccc2F)c1. The number of halogens is 3. The number of rotatable bonds is 2. The Bertz CT molecular complexity index is 566. The van der Waals surface area contributed by atoms with Crippen molar-refractivity contribution in [2.75, 3.05) is 0 Å². The highest BCUT2D eigenvalue weighted by atomic mass is 79.9. The summed E-state index contributed by atoms with van der Waals surface area (Å²) in [5.41, 5.74) is 1.73. The van der Waals surface area contributed by atoms with Gasteiger partial charge in [0, 0.05) is 15.1 Å². The third-order valence-electron chi connectivity index (χ3n) is 2.63. The van der Waals surface area contributed by atoms with Gasteiger partial charge in [0.1, 0.15) is 11.9 Å². The summed E-state index contributed by atoms with van der Waals surface area (Å²) in [7, 11) is 0. The van der Waals surface area contributed by atoms with E-state index in [0.717, 1.165) is 10.0 Å². The lowest BCUT2D eigenvalue weighted by Gasteiger charge is -2.14. The zero-order valence-electron chi connectivity index (χ0n) is 9.62. The van der Waals surface area contributed by atoms with Crippen molar-refractivity contribution in [2.45, 2.75) is 13.0 Å². The smallest absolute Gasteiger partial charge is 0.129 e. The highest BCUT2D eigenvalue weighted by Crippen LogP contribution is 2.29. The van der Waals surface area contributed by atoms with E-state index < -0.39 is 11.9 Å². The fourth-order valence-electron chi connectivity index (χ4n) is 1.83. The fraction of sp³-hybridized carbons (Fsp3) is 0.143. The van der Waals surface area contributed by atoms with Crippen LogP contribution < -0.4 is 0 Å². The summed E-state index contributed by atoms with van der Waals surface area (Å²) in [5.74, 6) is -0.441. The molecular formula is C14H11BrClFO. The summed E-state index contributed by atoms with van der Waals surface area (Å²) in [6.45, 7) is 1.87. The molecule has 94 valence electrons. The van der Waals surface area contributed by atoms with Crippen LogP contribution in [0, 0.1) is 12.7 Å². The van der Waals surface area contributed by atoms with Crippen molar-refractivity contribution in [3.63, 3.8) is 0 Å². The molecule has 0 radical (unpaired) electrons. The van der Waals surface area contributed by atoms with E-state index in [-0.39, 0.29) is 5.56 Å². The van der Waals surface area contributed by atoms with Crippen LogP contribution >= 0.6 is 27.5 Å². The molecule has 0 fully saturated rings. The monoisotopic (exact) mass is 328 g/mol. The van der Waals surface area contributed by atoms with Crippen LogP contribution in [0.15, 0.2) is 40.9 Å². The first kappa shape index (κ1) is 13.5. The van der Waals surface area contributed by atoms with E-state index >= 15 is 0 Å². The molecule has 1 nitrogen and oxygen atoms in total. The van der Waals surface area contributed by atoms with Crippen molar-refractivity contribution < 1.29 is 9.50 Å². The van der Waals surface area contributed by atoms with Gasteiger partial charge < -0.3 is 5.11 Å². The second-order valence-corrected chi connectivity index (χ2v) is 5.48. The molecule has 0 saturated heterocycles. The summed E-state index contributed by atoms with van der Waals surface area (Å²) >= 11 is 9.20. The predicted octanol–water partition coefficient (Wildman–Crippen LogP) is 4.63. The summed E-state index contributed by atoms with van der Waals surface area (Å²) < 4.78 is 14.4. The normalized spacial score (nSPS) is 12.5. The number of hydrogen-bond acceptors (Lipinski definition) is 1. The highest BCUT2D eigenvalue weighted by molar-refractivity contribution is 9.10. The number of aryl methyl sites for hydroxylation is 1. The van der Waals surface area contributed by atoms with Gasteiger partial charge in [0.05, 0.1) is 0 Å². The van der Waals surface area contributed by atoms with Gasteiger partial charge in [0.25, 0.3) is 0 Å². The lowest BCUT2D eigenvalue weighted by Crippen LogP contribution is -2.03. The van der Waals surface area contributed by atoms with Gasteiger partial charge in [0.15, 0.2) is 0 Å². The molecule has 18 heavy (non-hydrogen) atoms. The van der Waals surface area contributed by atoms with Gasteiger partial charge >= 0.3 is 0 Å². The minimum absolute atomic E-state index is 0.228. The van der Waals surface area contributed by atoms with Crippen LogP contribution in [0.25, 0.3) is 0 Å². The first-order chi connectivity index (χ1) is 8.47. The van der Waals surface area contributed by atoms with Crippen molar-refractivity contribution in [1.29, 1.82) is 0 Å². The summed E-state index contributed by atoms with van der Waals surface area (Å²) in [6.07, 6.45) is -1.03. The Morgan fingerprint density at radius 3 is 2.61 bits per heavy atom. The molecule has 0 saturated carbocycles. The van der Waals surface area contributed by atoms with Crippen molar-refractivity contribution in [3.05, 3.63) is 68.4 Å². The van der Waals surface area contributed by atoms with Crippen LogP contribution in [0.2, 0.25) is 5.02 Å². The Morgan fingerprint density at radius 1 is 1.22 bits per heavy atom. The molecule has 0 amide bonds. The third kappa shape index (κ3) is 2.91. The van der Waals surface area contributed by atoms with Crippen LogP contribution in [-0.4, -0.2) is 5.11 Å². The van der Waals surface area contributed by atoms with Crippen molar-refractivity contribution in [1.82, 2.24) is 0 Å². The second kappa shape index (κ2) is 5.39. The van der Waals surface area contributed by atoms with E-state index in [9.17, 15) is 9.50 Å². The zero-order valence-corrected chi connectivity index (χ0v) is 12.0. The van der Waals surface area contributed by atoms with Gasteiger partial charge in [-0.3, -0.25) is 0 Å². The minimum Gasteiger partial charge on any atom is -0.384 e. The van der Waals surface area contributed by atoms with Crippen LogP contribution in [-0.2, 0) is 0 Å². The van der Waals surface area contributed by atoms with Gasteiger partial charge in [-0.2, -0.15) is 0 Å². The minimum atomic E-state index is -1.03. The molecule has 2 aromatic carbocycles. The average molecular weight is 330 g/mol. The van der Waals surface area contributed by atoms with Crippen LogP contribution in [0.1, 0.15) is 22.8 Å². The van der Waals surface area contributed by atoms with E-state index in [0.29, 0.717) is 10.6 Å². The van der Waals surface area contributed by atoms with Crippen molar-refractivity contribution in [2.24, 2.45) is 0 Å². The molecule has 0 heterocycles. The largest absolute Gasteiger partial charge is 0.384 e. The third-order valence-corrected chi connectivity index (χ3v) is 3.34. The highest BCUT2D eigenvalue weighted by Gasteiger charge is 2.16. The topological polar surface area (TPSA) is 20.2 Å². The van der Waals surface area contributed by atoms with E-state index in [2.05, 4.69) is 15.9 Å². The fourth-order valence-corrected chi connectivity index (χ4v) is 2.50. The number of hydrogen-bond donors (Lipinski definition) is 1. The Hall–Kier alpha value is -0.900. The van der Waals surface area contributed by atoms with Crippen molar-refractivity contribution in [3.8, 4) is 0 Å². The zero-order chi connectivity index (χ0) is 13.3. The van der Waals surface area contributed by atoms with Crippen LogP contribution in [0.4, 0.5) is 4.39 Å². The van der Waals surface area contributed by atoms with Gasteiger partial charge in [-0.15, -0.1) is 0 Å². The lowest BCUT2D eigenvalue weighted by atomic mass is 9.99. The molecular weight excluding hydrogens is 319 g/mol. The molecule has 0 bridgehead atoms. The van der Waals surface area contributed by atoms with Crippen LogP contribution in [0.3, 0.4) is 0 Å². The maximum atomic E-state index is 13.7.